The van der Waals surface area contributed by atoms with Crippen LogP contribution in [0.25, 0.3) is 0 Å². The summed E-state index contributed by atoms with van der Waals surface area (Å²) >= 11 is 11.7. The van der Waals surface area contributed by atoms with E-state index in [0.29, 0.717) is 28.0 Å². The quantitative estimate of drug-likeness (QED) is 0.720. The summed E-state index contributed by atoms with van der Waals surface area (Å²) < 4.78 is 34.8. The molecule has 0 aliphatic heterocycles. The lowest BCUT2D eigenvalue weighted by Gasteiger charge is -2.11. The largest absolute Gasteiger partial charge is 0.490 e. The Hall–Kier alpha value is -1.43. The van der Waals surface area contributed by atoms with Gasteiger partial charge in [0.05, 0.1) is 16.7 Å². The van der Waals surface area contributed by atoms with Crippen LogP contribution in [0.2, 0.25) is 10.0 Å². The molecule has 0 unspecified atom stereocenters. The summed E-state index contributed by atoms with van der Waals surface area (Å²) in [4.78, 5) is 0. The highest BCUT2D eigenvalue weighted by atomic mass is 35.5. The van der Waals surface area contributed by atoms with E-state index in [9.17, 15) is 8.42 Å². The zero-order chi connectivity index (χ0) is 16.2. The topological polar surface area (TPSA) is 52.6 Å². The van der Waals surface area contributed by atoms with Gasteiger partial charge in [-0.25, -0.2) is 0 Å². The van der Waals surface area contributed by atoms with Gasteiger partial charge >= 0.3 is 10.1 Å². The Labute approximate surface area is 139 Å². The standard InChI is InChI=1S/C15H14Cl2O4S/c1-2-20-14-5-3-4-6-15(14)21-22(18,19)10-11-7-8-12(16)13(17)9-11/h3-9H,2,10H2,1H3. The molecule has 2 aromatic carbocycles. The first-order valence-corrected chi connectivity index (χ1v) is 8.82. The Bertz CT molecular complexity index is 760. The van der Waals surface area contributed by atoms with Gasteiger partial charge in [-0.1, -0.05) is 41.4 Å². The maximum atomic E-state index is 12.2. The number of hydrogen-bond donors (Lipinski definition) is 0. The zero-order valence-corrected chi connectivity index (χ0v) is 14.1. The molecule has 0 atom stereocenters. The first kappa shape index (κ1) is 16.9. The number of ether oxygens (including phenoxy) is 1. The second kappa shape index (κ2) is 7.22. The van der Waals surface area contributed by atoms with Gasteiger partial charge in [0, 0.05) is 0 Å². The molecule has 0 heterocycles. The third-order valence-corrected chi connectivity index (χ3v) is 4.55. The van der Waals surface area contributed by atoms with Crippen LogP contribution in [0.1, 0.15) is 12.5 Å². The lowest BCUT2D eigenvalue weighted by Crippen LogP contribution is -2.13. The lowest BCUT2D eigenvalue weighted by molar-refractivity contribution is 0.327. The first-order valence-electron chi connectivity index (χ1n) is 6.49. The van der Waals surface area contributed by atoms with Crippen LogP contribution >= 0.6 is 23.2 Å². The highest BCUT2D eigenvalue weighted by Crippen LogP contribution is 2.29. The monoisotopic (exact) mass is 360 g/mol. The van der Waals surface area contributed by atoms with Crippen LogP contribution in [0.5, 0.6) is 11.5 Å². The van der Waals surface area contributed by atoms with E-state index >= 15 is 0 Å². The maximum Gasteiger partial charge on any atom is 0.313 e. The summed E-state index contributed by atoms with van der Waals surface area (Å²) in [6, 6.07) is 11.2. The van der Waals surface area contributed by atoms with E-state index < -0.39 is 10.1 Å². The molecule has 0 radical (unpaired) electrons. The van der Waals surface area contributed by atoms with Crippen molar-refractivity contribution in [2.45, 2.75) is 12.7 Å². The van der Waals surface area contributed by atoms with Crippen molar-refractivity contribution in [1.82, 2.24) is 0 Å². The van der Waals surface area contributed by atoms with Gasteiger partial charge in [-0.15, -0.1) is 0 Å². The average Bonchev–Trinajstić information content (AvgIpc) is 2.45. The van der Waals surface area contributed by atoms with Crippen molar-refractivity contribution in [3.63, 3.8) is 0 Å². The van der Waals surface area contributed by atoms with Crippen molar-refractivity contribution in [1.29, 1.82) is 0 Å². The van der Waals surface area contributed by atoms with Crippen LogP contribution in [-0.4, -0.2) is 15.0 Å². The van der Waals surface area contributed by atoms with Crippen LogP contribution in [0, 0.1) is 0 Å². The summed E-state index contributed by atoms with van der Waals surface area (Å²) in [5, 5.41) is 0.662. The minimum absolute atomic E-state index is 0.157. The average molecular weight is 361 g/mol. The van der Waals surface area contributed by atoms with Crippen molar-refractivity contribution in [3.05, 3.63) is 58.1 Å². The molecule has 0 aliphatic rings. The van der Waals surface area contributed by atoms with Crippen molar-refractivity contribution in [2.24, 2.45) is 0 Å². The Balaban J connectivity index is 2.19. The maximum absolute atomic E-state index is 12.2. The van der Waals surface area contributed by atoms with Gasteiger partial charge < -0.3 is 8.92 Å². The predicted octanol–water partition coefficient (Wildman–Crippen LogP) is 4.30. The molecule has 0 fully saturated rings. The number of halogens is 2. The zero-order valence-electron chi connectivity index (χ0n) is 11.8. The highest BCUT2D eigenvalue weighted by Gasteiger charge is 2.17. The molecule has 0 saturated carbocycles. The SMILES string of the molecule is CCOc1ccccc1OS(=O)(=O)Cc1ccc(Cl)c(Cl)c1. The number of benzene rings is 2. The van der Waals surface area contributed by atoms with Gasteiger partial charge in [0.15, 0.2) is 11.5 Å². The van der Waals surface area contributed by atoms with Crippen molar-refractivity contribution in [3.8, 4) is 11.5 Å². The molecule has 2 aromatic rings. The number of rotatable bonds is 6. The fourth-order valence-electron chi connectivity index (χ4n) is 1.79. The summed E-state index contributed by atoms with van der Waals surface area (Å²) in [5.74, 6) is 0.219. The fourth-order valence-corrected chi connectivity index (χ4v) is 3.17. The van der Waals surface area contributed by atoms with Crippen LogP contribution in [-0.2, 0) is 15.9 Å². The minimum atomic E-state index is -3.84. The second-order valence-corrected chi connectivity index (χ2v) is 6.80. The van der Waals surface area contributed by atoms with Gasteiger partial charge in [-0.2, -0.15) is 8.42 Å². The molecule has 4 nitrogen and oxygen atoms in total. The van der Waals surface area contributed by atoms with Gasteiger partial charge in [0.25, 0.3) is 0 Å². The minimum Gasteiger partial charge on any atom is -0.490 e. The van der Waals surface area contributed by atoms with E-state index in [4.69, 9.17) is 32.1 Å². The first-order chi connectivity index (χ1) is 10.4. The molecule has 2 rings (SSSR count). The smallest absolute Gasteiger partial charge is 0.313 e. The fraction of sp³-hybridized carbons (Fsp3) is 0.200. The van der Waals surface area contributed by atoms with Gasteiger partial charge in [0.2, 0.25) is 0 Å². The Morgan fingerprint density at radius 2 is 1.68 bits per heavy atom. The van der Waals surface area contributed by atoms with Gasteiger partial charge in [-0.3, -0.25) is 0 Å². The van der Waals surface area contributed by atoms with Crippen molar-refractivity contribution in [2.75, 3.05) is 6.61 Å². The molecule has 0 aliphatic carbocycles. The molecule has 0 spiro atoms. The molecule has 0 amide bonds. The molecule has 118 valence electrons. The third kappa shape index (κ3) is 4.53. The number of hydrogen-bond acceptors (Lipinski definition) is 4. The molecule has 0 bridgehead atoms. The third-order valence-electron chi connectivity index (χ3n) is 2.69. The molecule has 7 heteroatoms. The van der Waals surface area contributed by atoms with Crippen LogP contribution in [0.15, 0.2) is 42.5 Å². The van der Waals surface area contributed by atoms with Crippen LogP contribution < -0.4 is 8.92 Å². The molecule has 0 saturated heterocycles. The number of para-hydroxylation sites is 2. The summed E-state index contributed by atoms with van der Waals surface area (Å²) in [7, 11) is -3.84. The molecule has 0 N–H and O–H groups in total. The van der Waals surface area contributed by atoms with Crippen LogP contribution in [0.4, 0.5) is 0 Å². The summed E-state index contributed by atoms with van der Waals surface area (Å²) in [5.41, 5.74) is 0.489. The summed E-state index contributed by atoms with van der Waals surface area (Å²) in [6.45, 7) is 2.22. The molecule has 0 aromatic heterocycles. The second-order valence-electron chi connectivity index (χ2n) is 4.41. The van der Waals surface area contributed by atoms with Crippen LogP contribution in [0.3, 0.4) is 0 Å². The Morgan fingerprint density at radius 1 is 1.00 bits per heavy atom. The van der Waals surface area contributed by atoms with Crippen molar-refractivity contribution >= 4 is 33.3 Å². The van der Waals surface area contributed by atoms with E-state index in [1.165, 1.54) is 12.1 Å². The van der Waals surface area contributed by atoms with E-state index in [1.54, 1.807) is 37.3 Å². The molecular formula is C15H14Cl2O4S. The summed E-state index contributed by atoms with van der Waals surface area (Å²) in [6.07, 6.45) is 0. The van der Waals surface area contributed by atoms with E-state index in [2.05, 4.69) is 0 Å². The highest BCUT2D eigenvalue weighted by molar-refractivity contribution is 7.86. The molecule has 22 heavy (non-hydrogen) atoms. The normalized spacial score (nSPS) is 11.2. The van der Waals surface area contributed by atoms with E-state index in [-0.39, 0.29) is 11.5 Å². The predicted molar refractivity (Wildman–Crippen MR) is 87.3 cm³/mol. The van der Waals surface area contributed by atoms with E-state index in [1.807, 2.05) is 0 Å². The van der Waals surface area contributed by atoms with Gasteiger partial charge in [0.1, 0.15) is 5.75 Å². The van der Waals surface area contributed by atoms with Crippen molar-refractivity contribution < 1.29 is 17.3 Å². The van der Waals surface area contributed by atoms with Gasteiger partial charge in [-0.05, 0) is 36.8 Å². The lowest BCUT2D eigenvalue weighted by atomic mass is 10.2. The molecular weight excluding hydrogens is 347 g/mol. The van der Waals surface area contributed by atoms with E-state index in [0.717, 1.165) is 0 Å². The Morgan fingerprint density at radius 3 is 2.32 bits per heavy atom. The Kier molecular flexibility index (Phi) is 5.56.